The van der Waals surface area contributed by atoms with Crippen molar-refractivity contribution in [2.45, 2.75) is 19.8 Å². The molecule has 4 aromatic rings. The first-order chi connectivity index (χ1) is 15.9. The molecule has 1 aliphatic heterocycles. The zero-order chi connectivity index (χ0) is 22.9. The fraction of sp³-hybridized carbons (Fsp3) is 0.120. The Labute approximate surface area is 201 Å². The van der Waals surface area contributed by atoms with Crippen molar-refractivity contribution < 1.29 is 9.59 Å². The standard InChI is InChI=1S/C25H17IN4O3/c1-13-20(25(33)29(28-13)17-8-6-16(26)7-9-17)12-27-30-23(31)18-10-4-14-2-3-15-5-11-19(24(30)32)22(18)21(14)15/h4-12,28H,2-3H2,1H3. The van der Waals surface area contributed by atoms with Crippen LogP contribution in [0.5, 0.6) is 0 Å². The van der Waals surface area contributed by atoms with Gasteiger partial charge in [0.2, 0.25) is 0 Å². The summed E-state index contributed by atoms with van der Waals surface area (Å²) in [5.74, 6) is -0.962. The van der Waals surface area contributed by atoms with Crippen molar-refractivity contribution in [1.82, 2.24) is 14.8 Å². The van der Waals surface area contributed by atoms with Crippen LogP contribution in [0.1, 0.15) is 43.1 Å². The molecule has 0 radical (unpaired) electrons. The van der Waals surface area contributed by atoms with E-state index in [1.54, 1.807) is 19.1 Å². The maximum atomic E-state index is 13.2. The van der Waals surface area contributed by atoms with Gasteiger partial charge in [-0.1, -0.05) is 12.1 Å². The van der Waals surface area contributed by atoms with Gasteiger partial charge in [-0.3, -0.25) is 19.5 Å². The fourth-order valence-corrected chi connectivity index (χ4v) is 5.07. The van der Waals surface area contributed by atoms with Gasteiger partial charge in [-0.25, -0.2) is 4.68 Å². The highest BCUT2D eigenvalue weighted by Crippen LogP contribution is 2.38. The van der Waals surface area contributed by atoms with Gasteiger partial charge in [-0.05, 0) is 95.3 Å². The van der Waals surface area contributed by atoms with Gasteiger partial charge in [-0.2, -0.15) is 10.1 Å². The number of hydrogen-bond donors (Lipinski definition) is 1. The number of halogens is 1. The van der Waals surface area contributed by atoms with E-state index in [0.29, 0.717) is 22.5 Å². The summed E-state index contributed by atoms with van der Waals surface area (Å²) in [5, 5.41) is 9.82. The van der Waals surface area contributed by atoms with Crippen LogP contribution in [-0.4, -0.2) is 32.8 Å². The molecule has 1 N–H and O–H groups in total. The van der Waals surface area contributed by atoms with E-state index in [1.165, 1.54) is 22.0 Å². The van der Waals surface area contributed by atoms with E-state index in [1.807, 2.05) is 36.4 Å². The highest BCUT2D eigenvalue weighted by Gasteiger charge is 2.35. The number of rotatable bonds is 3. The second-order valence-corrected chi connectivity index (χ2v) is 9.47. The fourth-order valence-electron chi connectivity index (χ4n) is 4.71. The molecule has 0 spiro atoms. The molecule has 0 fully saturated rings. The van der Waals surface area contributed by atoms with Crippen molar-refractivity contribution in [2.24, 2.45) is 5.10 Å². The smallest absolute Gasteiger partial charge is 0.282 e. The summed E-state index contributed by atoms with van der Waals surface area (Å²) in [7, 11) is 0. The molecule has 0 bridgehead atoms. The van der Waals surface area contributed by atoms with Crippen LogP contribution in [0.2, 0.25) is 0 Å². The van der Waals surface area contributed by atoms with Gasteiger partial charge in [-0.15, -0.1) is 0 Å². The quantitative estimate of drug-likeness (QED) is 0.239. The minimum Gasteiger partial charge on any atom is -0.295 e. The van der Waals surface area contributed by atoms with Gasteiger partial charge in [0.25, 0.3) is 17.4 Å². The first kappa shape index (κ1) is 20.1. The van der Waals surface area contributed by atoms with Crippen molar-refractivity contribution >= 4 is 51.4 Å². The third-order valence-corrected chi connectivity index (χ3v) is 7.07. The molecule has 2 aliphatic rings. The molecule has 1 aliphatic carbocycles. The van der Waals surface area contributed by atoms with Gasteiger partial charge in [0.1, 0.15) is 0 Å². The summed E-state index contributed by atoms with van der Waals surface area (Å²) in [6.07, 6.45) is 3.12. The summed E-state index contributed by atoms with van der Waals surface area (Å²) in [6, 6.07) is 15.0. The predicted octanol–water partition coefficient (Wildman–Crippen LogP) is 3.96. The van der Waals surface area contributed by atoms with Crippen molar-refractivity contribution in [2.75, 3.05) is 0 Å². The minimum absolute atomic E-state index is 0.286. The number of aryl methyl sites for hydroxylation is 3. The lowest BCUT2D eigenvalue weighted by atomic mass is 9.92. The molecule has 162 valence electrons. The van der Waals surface area contributed by atoms with Crippen molar-refractivity contribution in [3.63, 3.8) is 0 Å². The first-order valence-electron chi connectivity index (χ1n) is 10.5. The zero-order valence-electron chi connectivity index (χ0n) is 17.6. The molecule has 8 heteroatoms. The Morgan fingerprint density at radius 1 is 0.879 bits per heavy atom. The zero-order valence-corrected chi connectivity index (χ0v) is 19.7. The summed E-state index contributed by atoms with van der Waals surface area (Å²) >= 11 is 2.20. The average molecular weight is 548 g/mol. The Morgan fingerprint density at radius 2 is 1.48 bits per heavy atom. The minimum atomic E-state index is -0.481. The number of hydrazone groups is 1. The highest BCUT2D eigenvalue weighted by atomic mass is 127. The van der Waals surface area contributed by atoms with E-state index in [2.05, 4.69) is 32.8 Å². The average Bonchev–Trinajstić information content (AvgIpc) is 3.36. The summed E-state index contributed by atoms with van der Waals surface area (Å²) in [6.45, 7) is 1.75. The predicted molar refractivity (Wildman–Crippen MR) is 133 cm³/mol. The molecule has 2 amide bonds. The summed E-state index contributed by atoms with van der Waals surface area (Å²) in [4.78, 5) is 39.4. The SMILES string of the molecule is Cc1[nH]n(-c2ccc(I)cc2)c(=O)c1C=NN1C(=O)c2ccc3c4c(ccc(c24)C1=O)CC3. The third-order valence-electron chi connectivity index (χ3n) is 6.35. The van der Waals surface area contributed by atoms with Crippen LogP contribution in [0, 0.1) is 10.5 Å². The van der Waals surface area contributed by atoms with E-state index < -0.39 is 11.8 Å². The normalized spacial score (nSPS) is 14.8. The number of carbonyl (C=O) groups is 2. The topological polar surface area (TPSA) is 87.5 Å². The number of aromatic amines is 1. The van der Waals surface area contributed by atoms with Gasteiger partial charge in [0.05, 0.1) is 28.6 Å². The van der Waals surface area contributed by atoms with Crippen LogP contribution < -0.4 is 5.56 Å². The first-order valence-corrected chi connectivity index (χ1v) is 11.6. The van der Waals surface area contributed by atoms with E-state index in [-0.39, 0.29) is 11.1 Å². The van der Waals surface area contributed by atoms with E-state index in [9.17, 15) is 14.4 Å². The van der Waals surface area contributed by atoms with Crippen LogP contribution in [0.4, 0.5) is 0 Å². The second-order valence-electron chi connectivity index (χ2n) is 8.23. The number of nitrogens with zero attached hydrogens (tertiary/aromatic N) is 3. The maximum Gasteiger partial charge on any atom is 0.282 e. The van der Waals surface area contributed by atoms with E-state index in [0.717, 1.165) is 32.2 Å². The highest BCUT2D eigenvalue weighted by molar-refractivity contribution is 14.1. The van der Waals surface area contributed by atoms with Gasteiger partial charge >= 0.3 is 0 Å². The van der Waals surface area contributed by atoms with Crippen LogP contribution in [0.15, 0.2) is 58.4 Å². The molecular formula is C25H17IN4O3. The molecular weight excluding hydrogens is 531 g/mol. The largest absolute Gasteiger partial charge is 0.295 e. The lowest BCUT2D eigenvalue weighted by Gasteiger charge is -2.23. The maximum absolute atomic E-state index is 13.2. The van der Waals surface area contributed by atoms with Crippen LogP contribution >= 0.6 is 22.6 Å². The van der Waals surface area contributed by atoms with E-state index in [4.69, 9.17) is 0 Å². The number of imide groups is 1. The molecule has 6 rings (SSSR count). The van der Waals surface area contributed by atoms with Crippen LogP contribution in [0.3, 0.4) is 0 Å². The Hall–Kier alpha value is -3.53. The lowest BCUT2D eigenvalue weighted by molar-refractivity contribution is 0.0616. The Balaban J connectivity index is 1.41. The molecule has 33 heavy (non-hydrogen) atoms. The van der Waals surface area contributed by atoms with Crippen LogP contribution in [0.25, 0.3) is 16.5 Å². The molecule has 0 atom stereocenters. The lowest BCUT2D eigenvalue weighted by Crippen LogP contribution is -2.36. The third kappa shape index (κ3) is 2.93. The molecule has 0 saturated heterocycles. The number of benzene rings is 3. The van der Waals surface area contributed by atoms with Gasteiger partial charge in [0.15, 0.2) is 0 Å². The van der Waals surface area contributed by atoms with Gasteiger partial charge in [0, 0.05) is 14.7 Å². The Morgan fingerprint density at radius 3 is 2.09 bits per heavy atom. The van der Waals surface area contributed by atoms with Crippen molar-refractivity contribution in [1.29, 1.82) is 0 Å². The number of hydrogen-bond acceptors (Lipinski definition) is 4. The molecule has 1 aromatic heterocycles. The van der Waals surface area contributed by atoms with E-state index >= 15 is 0 Å². The Bertz CT molecular complexity index is 1540. The molecule has 2 heterocycles. The molecule has 7 nitrogen and oxygen atoms in total. The van der Waals surface area contributed by atoms with Crippen molar-refractivity contribution in [3.05, 3.63) is 96.0 Å². The van der Waals surface area contributed by atoms with Crippen LogP contribution in [-0.2, 0) is 12.8 Å². The number of amides is 2. The number of carbonyl (C=O) groups excluding carboxylic acids is 2. The molecule has 0 unspecified atom stereocenters. The second kappa shape index (κ2) is 7.24. The summed E-state index contributed by atoms with van der Waals surface area (Å²) in [5.41, 5.74) is 4.51. The molecule has 0 saturated carbocycles. The summed E-state index contributed by atoms with van der Waals surface area (Å²) < 4.78 is 2.47. The van der Waals surface area contributed by atoms with Gasteiger partial charge < -0.3 is 0 Å². The number of H-pyrrole nitrogens is 1. The van der Waals surface area contributed by atoms with Crippen molar-refractivity contribution in [3.8, 4) is 5.69 Å². The number of aromatic nitrogens is 2. The number of nitrogens with one attached hydrogen (secondary N) is 1. The molecule has 3 aromatic carbocycles. The monoisotopic (exact) mass is 548 g/mol. The Kier molecular flexibility index (Phi) is 4.41.